The molecule has 0 aliphatic rings. The number of rotatable bonds is 16. The van der Waals surface area contributed by atoms with Crippen molar-refractivity contribution >= 4 is 18.2 Å². The number of aryl methyl sites for hydroxylation is 2. The van der Waals surface area contributed by atoms with Crippen molar-refractivity contribution in [1.29, 1.82) is 0 Å². The van der Waals surface area contributed by atoms with Gasteiger partial charge in [0.1, 0.15) is 12.2 Å². The van der Waals surface area contributed by atoms with Gasteiger partial charge in [0.15, 0.2) is 0 Å². The van der Waals surface area contributed by atoms with E-state index in [2.05, 4.69) is 59.2 Å². The number of hydrogen-bond donors (Lipinski definition) is 2. The Hall–Kier alpha value is -4.33. The lowest BCUT2D eigenvalue weighted by Gasteiger charge is -2.19. The van der Waals surface area contributed by atoms with Crippen LogP contribution in [0.15, 0.2) is 78.9 Å². The highest BCUT2D eigenvalue weighted by molar-refractivity contribution is 5.70. The maximum absolute atomic E-state index is 12.1. The second kappa shape index (κ2) is 18.4. The van der Waals surface area contributed by atoms with Crippen molar-refractivity contribution in [1.82, 2.24) is 10.6 Å². The van der Waals surface area contributed by atoms with Crippen LogP contribution in [0.2, 0.25) is 0 Å². The molecule has 0 spiro atoms. The third kappa shape index (κ3) is 14.2. The summed E-state index contributed by atoms with van der Waals surface area (Å²) >= 11 is 0. The summed E-state index contributed by atoms with van der Waals surface area (Å²) in [4.78, 5) is 35.6. The van der Waals surface area contributed by atoms with Gasteiger partial charge in [-0.15, -0.1) is 0 Å². The molecular formula is C36H46N2O6. The molecule has 2 N–H and O–H groups in total. The summed E-state index contributed by atoms with van der Waals surface area (Å²) in [7, 11) is 0. The van der Waals surface area contributed by atoms with E-state index in [1.54, 1.807) is 0 Å². The molecule has 0 aromatic heterocycles. The molecule has 0 radical (unpaired) electrons. The Labute approximate surface area is 261 Å². The Morgan fingerprint density at radius 3 is 1.80 bits per heavy atom. The van der Waals surface area contributed by atoms with E-state index in [9.17, 15) is 14.4 Å². The Balaban J connectivity index is 1.25. The molecule has 8 heteroatoms. The summed E-state index contributed by atoms with van der Waals surface area (Å²) < 4.78 is 15.7. The maximum Gasteiger partial charge on any atom is 0.407 e. The number of unbranched alkanes of at least 4 members (excludes halogenated alkanes) is 2. The van der Waals surface area contributed by atoms with E-state index in [4.69, 9.17) is 14.2 Å². The largest absolute Gasteiger partial charge is 0.466 e. The van der Waals surface area contributed by atoms with Crippen LogP contribution in [0.25, 0.3) is 11.1 Å². The lowest BCUT2D eigenvalue weighted by molar-refractivity contribution is -0.143. The molecule has 0 saturated carbocycles. The molecule has 0 bridgehead atoms. The molecule has 236 valence electrons. The first kappa shape index (κ1) is 34.2. The first-order valence-electron chi connectivity index (χ1n) is 15.4. The third-order valence-electron chi connectivity index (χ3n) is 6.74. The summed E-state index contributed by atoms with van der Waals surface area (Å²) in [5, 5.41) is 5.51. The summed E-state index contributed by atoms with van der Waals surface area (Å²) in [6, 6.07) is 26.4. The van der Waals surface area contributed by atoms with Crippen LogP contribution >= 0.6 is 0 Å². The molecule has 0 heterocycles. The number of nitrogens with one attached hydrogen (secondary N) is 2. The van der Waals surface area contributed by atoms with Gasteiger partial charge in [-0.3, -0.25) is 4.79 Å². The fraction of sp³-hybridized carbons (Fsp3) is 0.417. The Kier molecular flexibility index (Phi) is 14.3. The zero-order chi connectivity index (χ0) is 31.6. The van der Waals surface area contributed by atoms with E-state index >= 15 is 0 Å². The van der Waals surface area contributed by atoms with Crippen LogP contribution in [0.1, 0.15) is 69.6 Å². The second-order valence-electron chi connectivity index (χ2n) is 11.7. The van der Waals surface area contributed by atoms with Crippen molar-refractivity contribution in [2.75, 3.05) is 19.7 Å². The standard InChI is InChI=1S/C36H46N2O6/c1-36(2,3)44-35(41)38-25-9-10-26-42-33(39)23-18-29-16-21-32(22-17-29)31-19-14-28(15-20-31)11-7-8-24-37-34(40)43-27-30-12-5-4-6-13-30/h4-6,12-17,19-22H,7-11,18,23-27H2,1-3H3,(H,37,40)(H,38,41). The lowest BCUT2D eigenvalue weighted by Crippen LogP contribution is -2.33. The topological polar surface area (TPSA) is 103 Å². The highest BCUT2D eigenvalue weighted by Crippen LogP contribution is 2.21. The molecule has 3 aromatic carbocycles. The van der Waals surface area contributed by atoms with Crippen molar-refractivity contribution in [2.24, 2.45) is 0 Å². The summed E-state index contributed by atoms with van der Waals surface area (Å²) in [5.41, 5.74) is 5.06. The Bertz CT molecular complexity index is 1280. The summed E-state index contributed by atoms with van der Waals surface area (Å²) in [6.07, 6.45) is 4.31. The van der Waals surface area contributed by atoms with Crippen molar-refractivity contribution in [3.05, 3.63) is 95.6 Å². The molecule has 0 atom stereocenters. The van der Waals surface area contributed by atoms with Crippen LogP contribution in [0.4, 0.5) is 9.59 Å². The first-order chi connectivity index (χ1) is 21.2. The smallest absolute Gasteiger partial charge is 0.407 e. The van der Waals surface area contributed by atoms with E-state index in [0.717, 1.165) is 41.5 Å². The van der Waals surface area contributed by atoms with Gasteiger partial charge in [-0.1, -0.05) is 78.9 Å². The van der Waals surface area contributed by atoms with E-state index in [1.807, 2.05) is 51.1 Å². The van der Waals surface area contributed by atoms with E-state index in [0.29, 0.717) is 45.4 Å². The van der Waals surface area contributed by atoms with Crippen LogP contribution in [0, 0.1) is 0 Å². The van der Waals surface area contributed by atoms with Crippen molar-refractivity contribution in [2.45, 2.75) is 77.9 Å². The van der Waals surface area contributed by atoms with Gasteiger partial charge in [0.05, 0.1) is 6.61 Å². The van der Waals surface area contributed by atoms with Gasteiger partial charge in [0.25, 0.3) is 0 Å². The predicted molar refractivity (Wildman–Crippen MR) is 172 cm³/mol. The van der Waals surface area contributed by atoms with Gasteiger partial charge in [0, 0.05) is 19.5 Å². The second-order valence-corrected chi connectivity index (χ2v) is 11.7. The van der Waals surface area contributed by atoms with Gasteiger partial charge in [-0.2, -0.15) is 0 Å². The zero-order valence-electron chi connectivity index (χ0n) is 26.2. The number of carbonyl (C=O) groups excluding carboxylic acids is 3. The number of esters is 1. The summed E-state index contributed by atoms with van der Waals surface area (Å²) in [5.74, 6) is -0.219. The van der Waals surface area contributed by atoms with Crippen LogP contribution in [-0.2, 0) is 38.5 Å². The molecule has 0 aliphatic carbocycles. The maximum atomic E-state index is 12.1. The SMILES string of the molecule is CC(C)(C)OC(=O)NCCCCOC(=O)CCc1ccc(-c2ccc(CCCCNC(=O)OCc3ccccc3)cc2)cc1. The highest BCUT2D eigenvalue weighted by atomic mass is 16.6. The number of hydrogen-bond acceptors (Lipinski definition) is 6. The van der Waals surface area contributed by atoms with E-state index < -0.39 is 11.7 Å². The molecule has 8 nitrogen and oxygen atoms in total. The minimum atomic E-state index is -0.518. The molecule has 3 rings (SSSR count). The van der Waals surface area contributed by atoms with Gasteiger partial charge < -0.3 is 24.8 Å². The van der Waals surface area contributed by atoms with Crippen LogP contribution in [0.3, 0.4) is 0 Å². The lowest BCUT2D eigenvalue weighted by atomic mass is 10.00. The molecule has 0 saturated heterocycles. The van der Waals surface area contributed by atoms with Crippen LogP contribution in [0.5, 0.6) is 0 Å². The van der Waals surface area contributed by atoms with Gasteiger partial charge in [0.2, 0.25) is 0 Å². The molecule has 2 amide bonds. The van der Waals surface area contributed by atoms with E-state index in [-0.39, 0.29) is 18.7 Å². The van der Waals surface area contributed by atoms with Gasteiger partial charge in [-0.25, -0.2) is 9.59 Å². The fourth-order valence-electron chi connectivity index (χ4n) is 4.38. The molecule has 3 aromatic rings. The molecular weight excluding hydrogens is 556 g/mol. The average Bonchev–Trinajstić information content (AvgIpc) is 3.01. The monoisotopic (exact) mass is 602 g/mol. The fourth-order valence-corrected chi connectivity index (χ4v) is 4.38. The predicted octanol–water partition coefficient (Wildman–Crippen LogP) is 7.38. The molecule has 0 unspecified atom stereocenters. The number of ether oxygens (including phenoxy) is 3. The molecule has 0 fully saturated rings. The number of benzene rings is 3. The van der Waals surface area contributed by atoms with Crippen LogP contribution in [-0.4, -0.2) is 43.5 Å². The zero-order valence-corrected chi connectivity index (χ0v) is 26.2. The first-order valence-corrected chi connectivity index (χ1v) is 15.4. The summed E-state index contributed by atoms with van der Waals surface area (Å²) in [6.45, 7) is 7.14. The minimum absolute atomic E-state index is 0.219. The normalized spacial score (nSPS) is 11.0. The van der Waals surface area contributed by atoms with Crippen LogP contribution < -0.4 is 10.6 Å². The number of amides is 2. The number of carbonyl (C=O) groups is 3. The average molecular weight is 603 g/mol. The highest BCUT2D eigenvalue weighted by Gasteiger charge is 2.15. The number of alkyl carbamates (subject to hydrolysis) is 2. The molecule has 44 heavy (non-hydrogen) atoms. The quantitative estimate of drug-likeness (QED) is 0.101. The van der Waals surface area contributed by atoms with E-state index in [1.165, 1.54) is 5.56 Å². The van der Waals surface area contributed by atoms with Crippen molar-refractivity contribution in [3.8, 4) is 11.1 Å². The van der Waals surface area contributed by atoms with Crippen molar-refractivity contribution < 1.29 is 28.6 Å². The van der Waals surface area contributed by atoms with Gasteiger partial charge >= 0.3 is 18.2 Å². The van der Waals surface area contributed by atoms with Crippen molar-refractivity contribution in [3.63, 3.8) is 0 Å². The Morgan fingerprint density at radius 2 is 1.18 bits per heavy atom. The van der Waals surface area contributed by atoms with Gasteiger partial charge in [-0.05, 0) is 87.1 Å². The molecule has 0 aliphatic heterocycles. The third-order valence-corrected chi connectivity index (χ3v) is 6.74. The Morgan fingerprint density at radius 1 is 0.614 bits per heavy atom. The minimum Gasteiger partial charge on any atom is -0.466 e.